The number of hydrogen-bond donors (Lipinski definition) is 4. The molecule has 0 spiro atoms. The molecule has 0 bridgehead atoms. The van der Waals surface area contributed by atoms with Gasteiger partial charge in [-0.2, -0.15) is 0 Å². The molecule has 1 saturated heterocycles. The minimum absolute atomic E-state index is 0.223. The lowest BCUT2D eigenvalue weighted by Crippen LogP contribution is -2.50. The number of ether oxygens (including phenoxy) is 2. The minimum Gasteiger partial charge on any atom is -0.394 e. The maximum atomic E-state index is 9.51. The minimum atomic E-state index is -1.05. The highest BCUT2D eigenvalue weighted by molar-refractivity contribution is 4.82. The molecule has 0 amide bonds. The van der Waals surface area contributed by atoms with E-state index in [0.29, 0.717) is 13.2 Å². The van der Waals surface area contributed by atoms with E-state index in [4.69, 9.17) is 20.3 Å². The zero-order valence-corrected chi connectivity index (χ0v) is 9.29. The van der Waals surface area contributed by atoms with E-state index in [2.05, 4.69) is 0 Å². The molecule has 1 fully saturated rings. The monoisotopic (exact) mass is 235 g/mol. The Bertz CT molecular complexity index is 192. The maximum absolute atomic E-state index is 9.51. The number of aliphatic hydroxyl groups excluding tert-OH is 3. The molecule has 0 aromatic carbocycles. The lowest BCUT2D eigenvalue weighted by molar-refractivity contribution is -0.256. The summed E-state index contributed by atoms with van der Waals surface area (Å²) in [6.07, 6.45) is -1.36. The lowest BCUT2D eigenvalue weighted by atomic mass is 10.0. The standard InChI is InChI=1S/C10H21NO5/c11-3-1-2-4-15-9-5-7(13)10(14)8(6-12)16-9/h7-10,12-14H,1-6,11H2. The van der Waals surface area contributed by atoms with Crippen LogP contribution in [0.25, 0.3) is 0 Å². The summed E-state index contributed by atoms with van der Waals surface area (Å²) in [5.74, 6) is 0. The largest absolute Gasteiger partial charge is 0.394 e. The van der Waals surface area contributed by atoms with Gasteiger partial charge in [0, 0.05) is 13.0 Å². The number of rotatable bonds is 6. The molecule has 4 unspecified atom stereocenters. The summed E-state index contributed by atoms with van der Waals surface area (Å²) >= 11 is 0. The first kappa shape index (κ1) is 13.8. The smallest absolute Gasteiger partial charge is 0.160 e. The van der Waals surface area contributed by atoms with E-state index in [0.717, 1.165) is 12.8 Å². The molecule has 0 aromatic heterocycles. The predicted molar refractivity (Wildman–Crippen MR) is 56.6 cm³/mol. The SMILES string of the molecule is NCCCCOC1CC(O)C(O)C(CO)O1. The van der Waals surface area contributed by atoms with Crippen molar-refractivity contribution in [3.63, 3.8) is 0 Å². The molecule has 1 aliphatic rings. The molecule has 4 atom stereocenters. The summed E-state index contributed by atoms with van der Waals surface area (Å²) in [4.78, 5) is 0. The molecule has 1 heterocycles. The molecule has 1 rings (SSSR count). The molecular weight excluding hydrogens is 214 g/mol. The quantitative estimate of drug-likeness (QED) is 0.421. The van der Waals surface area contributed by atoms with Crippen LogP contribution in [0.15, 0.2) is 0 Å². The molecule has 0 radical (unpaired) electrons. The van der Waals surface area contributed by atoms with E-state index in [1.165, 1.54) is 0 Å². The van der Waals surface area contributed by atoms with Crippen molar-refractivity contribution in [2.24, 2.45) is 5.73 Å². The Hall–Kier alpha value is -0.240. The summed E-state index contributed by atoms with van der Waals surface area (Å²) in [5, 5.41) is 27.9. The van der Waals surface area contributed by atoms with Crippen LogP contribution in [0.2, 0.25) is 0 Å². The molecule has 0 saturated carbocycles. The van der Waals surface area contributed by atoms with E-state index < -0.39 is 24.6 Å². The maximum Gasteiger partial charge on any atom is 0.160 e. The van der Waals surface area contributed by atoms with Crippen molar-refractivity contribution < 1.29 is 24.8 Å². The predicted octanol–water partition coefficient (Wildman–Crippen LogP) is -1.43. The van der Waals surface area contributed by atoms with Crippen LogP contribution in [-0.2, 0) is 9.47 Å². The Morgan fingerprint density at radius 2 is 2.06 bits per heavy atom. The first-order chi connectivity index (χ1) is 7.69. The molecule has 0 aliphatic carbocycles. The molecule has 16 heavy (non-hydrogen) atoms. The second-order valence-corrected chi connectivity index (χ2v) is 3.95. The van der Waals surface area contributed by atoms with Crippen LogP contribution in [0.1, 0.15) is 19.3 Å². The fourth-order valence-electron chi connectivity index (χ4n) is 1.63. The highest BCUT2D eigenvalue weighted by Gasteiger charge is 2.36. The molecule has 0 aromatic rings. The van der Waals surface area contributed by atoms with Crippen LogP contribution in [0.4, 0.5) is 0 Å². The van der Waals surface area contributed by atoms with Crippen LogP contribution in [-0.4, -0.2) is 59.7 Å². The van der Waals surface area contributed by atoms with E-state index in [-0.39, 0.29) is 13.0 Å². The number of hydrogen-bond acceptors (Lipinski definition) is 6. The van der Waals surface area contributed by atoms with E-state index in [1.807, 2.05) is 0 Å². The van der Waals surface area contributed by atoms with Crippen LogP contribution in [0.5, 0.6) is 0 Å². The van der Waals surface area contributed by atoms with Crippen LogP contribution < -0.4 is 5.73 Å². The first-order valence-electron chi connectivity index (χ1n) is 5.63. The summed E-state index contributed by atoms with van der Waals surface area (Å²) in [6, 6.07) is 0. The number of nitrogens with two attached hydrogens (primary N) is 1. The Morgan fingerprint density at radius 3 is 2.69 bits per heavy atom. The number of aliphatic hydroxyl groups is 3. The first-order valence-corrected chi connectivity index (χ1v) is 5.63. The third-order valence-electron chi connectivity index (χ3n) is 2.62. The van der Waals surface area contributed by atoms with Gasteiger partial charge in [-0.15, -0.1) is 0 Å². The Balaban J connectivity index is 2.27. The van der Waals surface area contributed by atoms with Crippen molar-refractivity contribution in [2.45, 2.75) is 43.9 Å². The Morgan fingerprint density at radius 1 is 1.31 bits per heavy atom. The van der Waals surface area contributed by atoms with Crippen molar-refractivity contribution in [2.75, 3.05) is 19.8 Å². The third-order valence-corrected chi connectivity index (χ3v) is 2.62. The molecule has 1 aliphatic heterocycles. The highest BCUT2D eigenvalue weighted by Crippen LogP contribution is 2.21. The average Bonchev–Trinajstić information content (AvgIpc) is 2.29. The van der Waals surface area contributed by atoms with Crippen LogP contribution in [0, 0.1) is 0 Å². The average molecular weight is 235 g/mol. The highest BCUT2D eigenvalue weighted by atomic mass is 16.7. The fraction of sp³-hybridized carbons (Fsp3) is 1.00. The summed E-state index contributed by atoms with van der Waals surface area (Å²) < 4.78 is 10.7. The molecular formula is C10H21NO5. The van der Waals surface area contributed by atoms with Gasteiger partial charge in [-0.25, -0.2) is 0 Å². The fourth-order valence-corrected chi connectivity index (χ4v) is 1.63. The van der Waals surface area contributed by atoms with Gasteiger partial charge in [-0.05, 0) is 19.4 Å². The molecule has 96 valence electrons. The summed E-state index contributed by atoms with van der Waals surface area (Å²) in [7, 11) is 0. The van der Waals surface area contributed by atoms with Crippen LogP contribution in [0.3, 0.4) is 0 Å². The lowest BCUT2D eigenvalue weighted by Gasteiger charge is -2.36. The van der Waals surface area contributed by atoms with E-state index >= 15 is 0 Å². The van der Waals surface area contributed by atoms with Gasteiger partial charge in [-0.3, -0.25) is 0 Å². The topological polar surface area (TPSA) is 105 Å². The third kappa shape index (κ3) is 3.97. The van der Waals surface area contributed by atoms with Gasteiger partial charge in [0.2, 0.25) is 0 Å². The Labute approximate surface area is 95.0 Å². The van der Waals surface area contributed by atoms with Crippen molar-refractivity contribution >= 4 is 0 Å². The Kier molecular flexibility index (Phi) is 6.18. The zero-order chi connectivity index (χ0) is 12.0. The van der Waals surface area contributed by atoms with Gasteiger partial charge in [-0.1, -0.05) is 0 Å². The summed E-state index contributed by atoms with van der Waals surface area (Å²) in [6.45, 7) is 0.791. The van der Waals surface area contributed by atoms with Crippen molar-refractivity contribution in [3.8, 4) is 0 Å². The van der Waals surface area contributed by atoms with Crippen LogP contribution >= 0.6 is 0 Å². The zero-order valence-electron chi connectivity index (χ0n) is 9.29. The summed E-state index contributed by atoms with van der Waals surface area (Å²) in [5.41, 5.74) is 5.34. The van der Waals surface area contributed by atoms with Gasteiger partial charge in [0.05, 0.1) is 12.7 Å². The van der Waals surface area contributed by atoms with Gasteiger partial charge < -0.3 is 30.5 Å². The molecule has 6 nitrogen and oxygen atoms in total. The van der Waals surface area contributed by atoms with Gasteiger partial charge in [0.15, 0.2) is 6.29 Å². The van der Waals surface area contributed by atoms with Gasteiger partial charge in [0.1, 0.15) is 12.2 Å². The molecule has 5 N–H and O–H groups in total. The molecule has 6 heteroatoms. The van der Waals surface area contributed by atoms with Crippen molar-refractivity contribution in [3.05, 3.63) is 0 Å². The van der Waals surface area contributed by atoms with E-state index in [9.17, 15) is 10.2 Å². The second kappa shape index (κ2) is 7.16. The number of unbranched alkanes of at least 4 members (excludes halogenated alkanes) is 1. The normalized spacial score (nSPS) is 35.2. The second-order valence-electron chi connectivity index (χ2n) is 3.95. The van der Waals surface area contributed by atoms with Gasteiger partial charge in [0.25, 0.3) is 0 Å². The van der Waals surface area contributed by atoms with Crippen molar-refractivity contribution in [1.29, 1.82) is 0 Å². The van der Waals surface area contributed by atoms with Gasteiger partial charge >= 0.3 is 0 Å². The van der Waals surface area contributed by atoms with Crippen molar-refractivity contribution in [1.82, 2.24) is 0 Å². The van der Waals surface area contributed by atoms with E-state index in [1.54, 1.807) is 0 Å².